The number of rotatable bonds is 8. The van der Waals surface area contributed by atoms with Crippen LogP contribution in [0, 0.1) is 0 Å². The number of nitrogens with zero attached hydrogens (tertiary/aromatic N) is 5. The molecule has 5 heterocycles. The molecule has 4 aliphatic heterocycles. The SMILES string of the molecule is C[N+](C)(C)c1ccc(C2=C3C=CC(=N3)C(c3ccc([N+](C)(C)C)cc3)=c3ccc([nH]3)=C(c3ccc([N+](C)(C)C)cc3)C3=[NH+]C(=C(c4ccc([N+](C)(C)C)cc4)C4=CC=C2[NH2+]4)C=C3)cc1. The molecule has 0 aliphatic carbocycles. The van der Waals surface area contributed by atoms with Gasteiger partial charge in [-0.2, -0.15) is 0 Å². The number of hydrogen-bond donors (Lipinski definition) is 3. The van der Waals surface area contributed by atoms with E-state index in [1.54, 1.807) is 0 Å². The molecule has 0 amide bonds. The second-order valence-corrected chi connectivity index (χ2v) is 20.9. The first-order valence-electron chi connectivity index (χ1n) is 22.2. The van der Waals surface area contributed by atoms with E-state index in [2.05, 4.69) is 246 Å². The van der Waals surface area contributed by atoms with Gasteiger partial charge in [0.15, 0.2) is 0 Å². The summed E-state index contributed by atoms with van der Waals surface area (Å²) in [7, 11) is 26.5. The van der Waals surface area contributed by atoms with Crippen LogP contribution in [0.25, 0.3) is 22.3 Å². The second kappa shape index (κ2) is 15.6. The molecule has 0 saturated heterocycles. The van der Waals surface area contributed by atoms with E-state index < -0.39 is 0 Å². The quantitative estimate of drug-likeness (QED) is 0.174. The molecule has 9 rings (SSSR count). The Balaban J connectivity index is 1.34. The van der Waals surface area contributed by atoms with Gasteiger partial charge in [0.05, 0.1) is 112 Å². The summed E-state index contributed by atoms with van der Waals surface area (Å²) in [5.41, 5.74) is 20.1. The highest BCUT2D eigenvalue weighted by Gasteiger charge is 2.32. The molecule has 0 radical (unpaired) electrons. The average Bonchev–Trinajstić information content (AvgIpc) is 4.08. The molecule has 0 saturated carbocycles. The Labute approximate surface area is 379 Å². The topological polar surface area (TPSA) is 58.7 Å². The Kier molecular flexibility index (Phi) is 10.4. The van der Waals surface area contributed by atoms with Crippen LogP contribution >= 0.6 is 0 Å². The molecule has 4 aliphatic rings. The van der Waals surface area contributed by atoms with Gasteiger partial charge in [0.2, 0.25) is 11.4 Å². The summed E-state index contributed by atoms with van der Waals surface area (Å²) in [5.74, 6) is 0. The van der Waals surface area contributed by atoms with Gasteiger partial charge in [0.25, 0.3) is 0 Å². The number of H-pyrrole nitrogens is 1. The van der Waals surface area contributed by atoms with E-state index in [0.717, 1.165) is 107 Å². The van der Waals surface area contributed by atoms with Gasteiger partial charge >= 0.3 is 0 Å². The summed E-state index contributed by atoms with van der Waals surface area (Å²) in [5, 5.41) is 4.38. The van der Waals surface area contributed by atoms with Crippen molar-refractivity contribution in [1.29, 1.82) is 0 Å². The van der Waals surface area contributed by atoms with E-state index in [1.165, 1.54) is 22.7 Å². The number of nitrogens with two attached hydrogens (primary N) is 1. The van der Waals surface area contributed by atoms with E-state index in [-0.39, 0.29) is 0 Å². The monoisotopic (exact) mass is 849 g/mol. The zero-order chi connectivity index (χ0) is 45.3. The van der Waals surface area contributed by atoms with E-state index in [9.17, 15) is 0 Å². The molecular weight excluding hydrogens is 785 g/mol. The summed E-state index contributed by atoms with van der Waals surface area (Å²) in [4.78, 5) is 13.5. The Morgan fingerprint density at radius 3 is 1.25 bits per heavy atom. The van der Waals surface area contributed by atoms with Crippen LogP contribution in [0.4, 0.5) is 22.7 Å². The number of aromatic nitrogens is 1. The number of nitrogens with one attached hydrogen (secondary N) is 2. The largest absolute Gasteiger partial charge is 0.354 e. The summed E-state index contributed by atoms with van der Waals surface area (Å²) in [6.07, 6.45) is 13.4. The van der Waals surface area contributed by atoms with Crippen LogP contribution in [-0.2, 0) is 0 Å². The van der Waals surface area contributed by atoms with Crippen LogP contribution in [-0.4, -0.2) is 101 Å². The predicted molar refractivity (Wildman–Crippen MR) is 273 cm³/mol. The molecule has 8 bridgehead atoms. The first kappa shape index (κ1) is 42.8. The molecule has 0 spiro atoms. The number of fused-ring (bicyclic) bond motifs is 6. The number of aliphatic imine (C=N–C) groups is 1. The van der Waals surface area contributed by atoms with E-state index in [0.29, 0.717) is 0 Å². The lowest BCUT2D eigenvalue weighted by Gasteiger charge is -2.23. The molecule has 64 heavy (non-hydrogen) atoms. The second-order valence-electron chi connectivity index (χ2n) is 20.9. The van der Waals surface area contributed by atoms with Crippen LogP contribution in [0.1, 0.15) is 22.3 Å². The third kappa shape index (κ3) is 8.23. The van der Waals surface area contributed by atoms with E-state index >= 15 is 0 Å². The zero-order valence-corrected chi connectivity index (χ0v) is 39.7. The maximum atomic E-state index is 5.57. The number of aromatic amines is 1. The van der Waals surface area contributed by atoms with Crippen LogP contribution in [0.15, 0.2) is 173 Å². The van der Waals surface area contributed by atoms with Crippen molar-refractivity contribution in [2.75, 3.05) is 84.6 Å². The summed E-state index contributed by atoms with van der Waals surface area (Å²) in [6.45, 7) is 0. The van der Waals surface area contributed by atoms with Crippen LogP contribution < -0.4 is 38.9 Å². The minimum absolute atomic E-state index is 0.734. The summed E-state index contributed by atoms with van der Waals surface area (Å²) >= 11 is 0. The highest BCUT2D eigenvalue weighted by molar-refractivity contribution is 6.31. The zero-order valence-electron chi connectivity index (χ0n) is 39.7. The highest BCUT2D eigenvalue weighted by atomic mass is 15.3. The highest BCUT2D eigenvalue weighted by Crippen LogP contribution is 2.35. The molecule has 322 valence electrons. The van der Waals surface area contributed by atoms with Gasteiger partial charge in [-0.05, 0) is 144 Å². The fourth-order valence-electron chi connectivity index (χ4n) is 8.91. The molecule has 4 N–H and O–H groups in total. The van der Waals surface area contributed by atoms with Gasteiger partial charge < -0.3 is 4.98 Å². The van der Waals surface area contributed by atoms with Crippen molar-refractivity contribution in [1.82, 2.24) is 22.9 Å². The number of hydrogen-bond acceptors (Lipinski definition) is 1. The van der Waals surface area contributed by atoms with E-state index in [1.807, 2.05) is 0 Å². The molecule has 4 aromatic carbocycles. The first-order valence-corrected chi connectivity index (χ1v) is 22.2. The van der Waals surface area contributed by atoms with Crippen LogP contribution in [0.5, 0.6) is 0 Å². The van der Waals surface area contributed by atoms with Gasteiger partial charge in [0.1, 0.15) is 39.7 Å². The number of quaternary nitrogens is 5. The third-order valence-electron chi connectivity index (χ3n) is 12.7. The van der Waals surface area contributed by atoms with Crippen LogP contribution in [0.2, 0.25) is 0 Å². The Morgan fingerprint density at radius 1 is 0.406 bits per heavy atom. The maximum Gasteiger partial charge on any atom is 0.218 e. The molecule has 8 nitrogen and oxygen atoms in total. The van der Waals surface area contributed by atoms with Crippen molar-refractivity contribution in [3.05, 3.63) is 201 Å². The Hall–Kier alpha value is -6.52. The van der Waals surface area contributed by atoms with Crippen molar-refractivity contribution < 1.29 is 10.3 Å². The first-order chi connectivity index (χ1) is 30.2. The standard InChI is InChI=1S/C56H62N8/c1-61(2,3)41-21-13-37(14-22-41)53-45-29-31-47(57-45)54(38-15-23-42(24-16-38)62(4,5)6)49-33-35-51(59-49)56(40-19-27-44(28-20-40)64(10,11)12)52-36-34-50(60-52)55(48-32-30-46(53)58-48)39-17-25-43(26-18-39)63(7,8)9/h13-36,57,60H,1-12H3/q+4/p+2. The van der Waals surface area contributed by atoms with Crippen molar-refractivity contribution >= 4 is 56.5 Å². The molecule has 5 aromatic rings. The lowest BCUT2D eigenvalue weighted by Crippen LogP contribution is -2.79. The van der Waals surface area contributed by atoms with Crippen molar-refractivity contribution in [2.24, 2.45) is 4.99 Å². The molecule has 1 aromatic heterocycles. The van der Waals surface area contributed by atoms with Gasteiger partial charge in [-0.1, -0.05) is 0 Å². The Bertz CT molecular complexity index is 2870. The normalized spacial score (nSPS) is 16.8. The van der Waals surface area contributed by atoms with Crippen molar-refractivity contribution in [2.45, 2.75) is 0 Å². The van der Waals surface area contributed by atoms with E-state index in [4.69, 9.17) is 4.99 Å². The predicted octanol–water partition coefficient (Wildman–Crippen LogP) is 5.48. The summed E-state index contributed by atoms with van der Waals surface area (Å²) < 4.78 is 2.95. The average molecular weight is 849 g/mol. The van der Waals surface area contributed by atoms with Crippen LogP contribution in [0.3, 0.4) is 0 Å². The van der Waals surface area contributed by atoms with Crippen molar-refractivity contribution in [3.8, 4) is 0 Å². The molecule has 0 atom stereocenters. The molecule has 0 unspecified atom stereocenters. The fraction of sp³-hybridized carbons (Fsp3) is 0.214. The third-order valence-corrected chi connectivity index (χ3v) is 12.7. The summed E-state index contributed by atoms with van der Waals surface area (Å²) in [6, 6.07) is 40.5. The van der Waals surface area contributed by atoms with Gasteiger partial charge in [-0.15, -0.1) is 0 Å². The minimum atomic E-state index is 0.734. The molecule has 0 fully saturated rings. The smallest absolute Gasteiger partial charge is 0.218 e. The van der Waals surface area contributed by atoms with Gasteiger partial charge in [0, 0.05) is 35.2 Å². The maximum absolute atomic E-state index is 5.57. The van der Waals surface area contributed by atoms with Gasteiger partial charge in [-0.3, -0.25) is 23.2 Å². The molecular formula is C56H64N8+6. The van der Waals surface area contributed by atoms with Crippen molar-refractivity contribution in [3.63, 3.8) is 0 Å². The lowest BCUT2D eigenvalue weighted by atomic mass is 9.98. The number of benzene rings is 4. The lowest BCUT2D eigenvalue weighted by molar-refractivity contribution is -0.537. The molecule has 8 heteroatoms. The number of allylic oxidation sites excluding steroid dienone is 8. The van der Waals surface area contributed by atoms with Gasteiger partial charge in [-0.25, -0.2) is 9.98 Å². The Morgan fingerprint density at radius 2 is 0.797 bits per heavy atom. The fourth-order valence-corrected chi connectivity index (χ4v) is 8.91. The minimum Gasteiger partial charge on any atom is -0.354 e.